The molecular weight excluding hydrogens is 292 g/mol. The van der Waals surface area contributed by atoms with Gasteiger partial charge < -0.3 is 20.4 Å². The molecule has 0 aliphatic rings. The summed E-state index contributed by atoms with van der Waals surface area (Å²) in [5.41, 5.74) is -0.213. The summed E-state index contributed by atoms with van der Waals surface area (Å²) in [6, 6.07) is 3.90. The molecule has 23 heavy (non-hydrogen) atoms. The highest BCUT2D eigenvalue weighted by atomic mass is 16.3. The molecule has 0 saturated carbocycles. The summed E-state index contributed by atoms with van der Waals surface area (Å²) in [4.78, 5) is 16.3. The minimum atomic E-state index is -0.213. The fourth-order valence-electron chi connectivity index (χ4n) is 2.03. The number of guanidine groups is 1. The first kappa shape index (κ1) is 19.1. The monoisotopic (exact) mass is 322 g/mol. The molecule has 130 valence electrons. The minimum absolute atomic E-state index is 0.00454. The molecular formula is C17H30N4O2. The van der Waals surface area contributed by atoms with Gasteiger partial charge in [-0.1, -0.05) is 0 Å². The Kier molecular flexibility index (Phi) is 7.13. The van der Waals surface area contributed by atoms with Gasteiger partial charge in [-0.2, -0.15) is 0 Å². The highest BCUT2D eigenvalue weighted by Crippen LogP contribution is 2.15. The van der Waals surface area contributed by atoms with Crippen molar-refractivity contribution in [2.24, 2.45) is 4.99 Å². The number of carbonyl (C=O) groups is 1. The van der Waals surface area contributed by atoms with E-state index in [9.17, 15) is 4.79 Å². The zero-order valence-corrected chi connectivity index (χ0v) is 15.1. The highest BCUT2D eigenvalue weighted by Gasteiger charge is 2.14. The summed E-state index contributed by atoms with van der Waals surface area (Å²) in [5.74, 6) is 2.43. The Balaban J connectivity index is 2.54. The number of hydrogen-bond donors (Lipinski definition) is 3. The molecule has 6 nitrogen and oxygen atoms in total. The molecule has 0 spiro atoms. The van der Waals surface area contributed by atoms with E-state index in [-0.39, 0.29) is 17.5 Å². The van der Waals surface area contributed by atoms with E-state index >= 15 is 0 Å². The number of furan rings is 1. The van der Waals surface area contributed by atoms with E-state index in [0.29, 0.717) is 18.9 Å². The second-order valence-electron chi connectivity index (χ2n) is 6.62. The lowest BCUT2D eigenvalue weighted by Crippen LogP contribution is -2.41. The Bertz CT molecular complexity index is 529. The van der Waals surface area contributed by atoms with Crippen LogP contribution in [0.3, 0.4) is 0 Å². The van der Waals surface area contributed by atoms with Crippen LogP contribution in [0.2, 0.25) is 0 Å². The van der Waals surface area contributed by atoms with Gasteiger partial charge in [0.2, 0.25) is 5.91 Å². The fraction of sp³-hybridized carbons (Fsp3) is 0.647. The van der Waals surface area contributed by atoms with Crippen LogP contribution in [0, 0.1) is 6.92 Å². The summed E-state index contributed by atoms with van der Waals surface area (Å²) in [5, 5.41) is 9.39. The third-order valence-electron chi connectivity index (χ3n) is 3.01. The number of aryl methyl sites for hydroxylation is 1. The Morgan fingerprint density at radius 2 is 2.04 bits per heavy atom. The zero-order chi connectivity index (χ0) is 17.5. The van der Waals surface area contributed by atoms with Crippen molar-refractivity contribution in [3.05, 3.63) is 23.7 Å². The van der Waals surface area contributed by atoms with E-state index in [1.54, 1.807) is 0 Å². The van der Waals surface area contributed by atoms with Crippen molar-refractivity contribution in [2.45, 2.75) is 59.5 Å². The normalized spacial score (nSPS) is 13.6. The quantitative estimate of drug-likeness (QED) is 0.555. The van der Waals surface area contributed by atoms with Crippen LogP contribution < -0.4 is 16.0 Å². The second kappa shape index (κ2) is 8.60. The molecule has 1 heterocycles. The Labute approximate surface area is 139 Å². The first-order valence-corrected chi connectivity index (χ1v) is 8.13. The van der Waals surface area contributed by atoms with Crippen LogP contribution >= 0.6 is 0 Å². The molecule has 0 saturated heterocycles. The molecule has 0 aliphatic carbocycles. The minimum Gasteiger partial charge on any atom is -0.464 e. The highest BCUT2D eigenvalue weighted by molar-refractivity contribution is 5.81. The van der Waals surface area contributed by atoms with Gasteiger partial charge in [0.15, 0.2) is 5.96 Å². The smallest absolute Gasteiger partial charge is 0.222 e. The molecule has 1 aromatic rings. The molecule has 1 aromatic heterocycles. The maximum absolute atomic E-state index is 11.8. The van der Waals surface area contributed by atoms with Gasteiger partial charge in [0.25, 0.3) is 0 Å². The summed E-state index contributed by atoms with van der Waals surface area (Å²) >= 11 is 0. The second-order valence-corrected chi connectivity index (χ2v) is 6.62. The average Bonchev–Trinajstić information content (AvgIpc) is 2.83. The summed E-state index contributed by atoms with van der Waals surface area (Å²) in [6.45, 7) is 13.0. The van der Waals surface area contributed by atoms with Gasteiger partial charge in [-0.3, -0.25) is 9.79 Å². The van der Waals surface area contributed by atoms with Gasteiger partial charge in [0, 0.05) is 18.5 Å². The van der Waals surface area contributed by atoms with Crippen LogP contribution in [-0.2, 0) is 4.79 Å². The third kappa shape index (κ3) is 7.72. The van der Waals surface area contributed by atoms with Gasteiger partial charge in [0.1, 0.15) is 11.5 Å². The molecule has 0 bridgehead atoms. The van der Waals surface area contributed by atoms with Crippen LogP contribution in [0.5, 0.6) is 0 Å². The maximum Gasteiger partial charge on any atom is 0.222 e. The van der Waals surface area contributed by atoms with Gasteiger partial charge in [-0.05, 0) is 53.7 Å². The standard InChI is InChI=1S/C17H30N4O2/c1-7-18-16(19-11-10-15(22)21-17(4,5)6)20-13(3)14-9-8-12(2)23-14/h8-9,13H,7,10-11H2,1-6H3,(H,21,22)(H2,18,19,20). The lowest BCUT2D eigenvalue weighted by atomic mass is 10.1. The van der Waals surface area contributed by atoms with Crippen molar-refractivity contribution < 1.29 is 9.21 Å². The van der Waals surface area contributed by atoms with Gasteiger partial charge in [-0.15, -0.1) is 0 Å². The van der Waals surface area contributed by atoms with Crippen LogP contribution in [0.25, 0.3) is 0 Å². The molecule has 0 aromatic carbocycles. The summed E-state index contributed by atoms with van der Waals surface area (Å²) < 4.78 is 5.61. The molecule has 1 amide bonds. The predicted octanol–water partition coefficient (Wildman–Crippen LogP) is 2.51. The van der Waals surface area contributed by atoms with Crippen LogP contribution in [0.15, 0.2) is 21.5 Å². The number of nitrogens with zero attached hydrogens (tertiary/aromatic N) is 1. The Morgan fingerprint density at radius 1 is 1.35 bits per heavy atom. The van der Waals surface area contributed by atoms with Crippen LogP contribution in [-0.4, -0.2) is 30.5 Å². The van der Waals surface area contributed by atoms with E-state index in [1.165, 1.54) is 0 Å². The number of rotatable bonds is 6. The van der Waals surface area contributed by atoms with E-state index < -0.39 is 0 Å². The number of carbonyl (C=O) groups excluding carboxylic acids is 1. The van der Waals surface area contributed by atoms with Gasteiger partial charge in [0.05, 0.1) is 12.6 Å². The largest absolute Gasteiger partial charge is 0.464 e. The number of aliphatic imine (C=N–C) groups is 1. The van der Waals surface area contributed by atoms with Crippen molar-refractivity contribution in [1.82, 2.24) is 16.0 Å². The van der Waals surface area contributed by atoms with Gasteiger partial charge >= 0.3 is 0 Å². The first-order chi connectivity index (χ1) is 10.7. The summed E-state index contributed by atoms with van der Waals surface area (Å²) in [7, 11) is 0. The van der Waals surface area contributed by atoms with Crippen molar-refractivity contribution in [1.29, 1.82) is 0 Å². The third-order valence-corrected chi connectivity index (χ3v) is 3.01. The molecule has 1 unspecified atom stereocenters. The SMILES string of the molecule is CCNC(=NCCC(=O)NC(C)(C)C)NC(C)c1ccc(C)o1. The van der Waals surface area contributed by atoms with Gasteiger partial charge in [-0.25, -0.2) is 0 Å². The van der Waals surface area contributed by atoms with E-state index in [4.69, 9.17) is 4.42 Å². The molecule has 0 radical (unpaired) electrons. The molecule has 6 heteroatoms. The lowest BCUT2D eigenvalue weighted by molar-refractivity contribution is -0.122. The van der Waals surface area contributed by atoms with Crippen molar-refractivity contribution in [3.63, 3.8) is 0 Å². The van der Waals surface area contributed by atoms with Crippen molar-refractivity contribution in [2.75, 3.05) is 13.1 Å². The maximum atomic E-state index is 11.8. The van der Waals surface area contributed by atoms with Crippen LogP contribution in [0.4, 0.5) is 0 Å². The molecule has 0 aliphatic heterocycles. The van der Waals surface area contributed by atoms with Crippen molar-refractivity contribution in [3.8, 4) is 0 Å². The molecule has 1 atom stereocenters. The number of amides is 1. The number of hydrogen-bond acceptors (Lipinski definition) is 3. The van der Waals surface area contributed by atoms with Crippen LogP contribution in [0.1, 0.15) is 58.6 Å². The van der Waals surface area contributed by atoms with Crippen molar-refractivity contribution >= 4 is 11.9 Å². The predicted molar refractivity (Wildman–Crippen MR) is 93.5 cm³/mol. The first-order valence-electron chi connectivity index (χ1n) is 8.13. The van der Waals surface area contributed by atoms with E-state index in [1.807, 2.05) is 53.7 Å². The molecule has 0 fully saturated rings. The molecule has 1 rings (SSSR count). The summed E-state index contributed by atoms with van der Waals surface area (Å²) in [6.07, 6.45) is 0.363. The average molecular weight is 322 g/mol. The Morgan fingerprint density at radius 3 is 2.57 bits per heavy atom. The zero-order valence-electron chi connectivity index (χ0n) is 15.1. The molecule has 3 N–H and O–H groups in total. The van der Waals surface area contributed by atoms with E-state index in [2.05, 4.69) is 20.9 Å². The fourth-order valence-corrected chi connectivity index (χ4v) is 2.03. The topological polar surface area (TPSA) is 78.7 Å². The van der Waals surface area contributed by atoms with E-state index in [0.717, 1.165) is 18.1 Å². The Hall–Kier alpha value is -1.98. The lowest BCUT2D eigenvalue weighted by Gasteiger charge is -2.20. The number of nitrogens with one attached hydrogen (secondary N) is 3.